The van der Waals surface area contributed by atoms with Crippen molar-refractivity contribution >= 4 is 45.8 Å². The van der Waals surface area contributed by atoms with Crippen LogP contribution in [0.25, 0.3) is 11.0 Å². The lowest BCUT2D eigenvalue weighted by Crippen LogP contribution is -2.21. The predicted molar refractivity (Wildman–Crippen MR) is 96.1 cm³/mol. The number of aryl methyl sites for hydroxylation is 1. The van der Waals surface area contributed by atoms with Gasteiger partial charge in [0.25, 0.3) is 5.91 Å². The van der Waals surface area contributed by atoms with E-state index in [1.807, 2.05) is 60.3 Å². The number of carbonyl (C=O) groups is 1. The third-order valence-electron chi connectivity index (χ3n) is 3.30. The molecule has 118 valence electrons. The zero-order chi connectivity index (χ0) is 16.2. The summed E-state index contributed by atoms with van der Waals surface area (Å²) in [5.41, 5.74) is 5.39. The van der Waals surface area contributed by atoms with Crippen molar-refractivity contribution in [2.24, 2.45) is 12.1 Å². The number of hydrogen-bond acceptors (Lipinski definition) is 5. The van der Waals surface area contributed by atoms with Gasteiger partial charge in [-0.3, -0.25) is 4.79 Å². The molecule has 0 saturated heterocycles. The lowest BCUT2D eigenvalue weighted by molar-refractivity contribution is -0.118. The van der Waals surface area contributed by atoms with E-state index >= 15 is 0 Å². The van der Waals surface area contributed by atoms with E-state index in [9.17, 15) is 4.79 Å². The van der Waals surface area contributed by atoms with Crippen molar-refractivity contribution in [1.82, 2.24) is 15.0 Å². The quantitative estimate of drug-likeness (QED) is 0.439. The van der Waals surface area contributed by atoms with E-state index in [1.54, 1.807) is 11.3 Å². The lowest BCUT2D eigenvalue weighted by atomic mass is 10.3. The highest BCUT2D eigenvalue weighted by Crippen LogP contribution is 2.22. The molecule has 0 saturated carbocycles. The molecule has 0 radical (unpaired) electrons. The summed E-state index contributed by atoms with van der Waals surface area (Å²) in [4.78, 5) is 17.5. The van der Waals surface area contributed by atoms with Crippen molar-refractivity contribution in [3.05, 3.63) is 46.7 Å². The molecule has 0 aliphatic heterocycles. The average molecular weight is 344 g/mol. The maximum Gasteiger partial charge on any atom is 0.250 e. The molecule has 0 bridgehead atoms. The van der Waals surface area contributed by atoms with E-state index < -0.39 is 0 Å². The van der Waals surface area contributed by atoms with Crippen LogP contribution in [0.3, 0.4) is 0 Å². The topological polar surface area (TPSA) is 59.3 Å². The second-order valence-corrected chi connectivity index (χ2v) is 6.83. The van der Waals surface area contributed by atoms with E-state index in [0.29, 0.717) is 0 Å². The Morgan fingerprint density at radius 1 is 1.35 bits per heavy atom. The molecular formula is C16H16N4OS2. The largest absolute Gasteiger partial charge is 0.322 e. The van der Waals surface area contributed by atoms with Crippen LogP contribution in [0.4, 0.5) is 0 Å². The molecule has 7 heteroatoms. The van der Waals surface area contributed by atoms with Crippen molar-refractivity contribution in [3.63, 3.8) is 0 Å². The van der Waals surface area contributed by atoms with Crippen molar-refractivity contribution in [2.75, 3.05) is 5.75 Å². The zero-order valence-electron chi connectivity index (χ0n) is 12.8. The highest BCUT2D eigenvalue weighted by Gasteiger charge is 2.10. The minimum atomic E-state index is -0.141. The number of benzene rings is 1. The minimum Gasteiger partial charge on any atom is -0.322 e. The van der Waals surface area contributed by atoms with E-state index in [1.165, 1.54) is 11.8 Å². The average Bonchev–Trinajstić information content (AvgIpc) is 3.20. The van der Waals surface area contributed by atoms with Gasteiger partial charge in [0.1, 0.15) is 0 Å². The first kappa shape index (κ1) is 15.8. The molecular weight excluding hydrogens is 328 g/mol. The van der Waals surface area contributed by atoms with Crippen LogP contribution in [-0.4, -0.2) is 26.9 Å². The fourth-order valence-electron chi connectivity index (χ4n) is 2.10. The Hall–Kier alpha value is -2.12. The summed E-state index contributed by atoms with van der Waals surface area (Å²) < 4.78 is 1.99. The monoisotopic (exact) mass is 344 g/mol. The number of rotatable bonds is 5. The molecule has 2 heterocycles. The first-order valence-electron chi connectivity index (χ1n) is 7.06. The number of thiophene rings is 1. The van der Waals surface area contributed by atoms with Gasteiger partial charge in [-0.25, -0.2) is 10.4 Å². The summed E-state index contributed by atoms with van der Waals surface area (Å²) in [6.07, 6.45) is 0. The molecule has 0 atom stereocenters. The molecule has 23 heavy (non-hydrogen) atoms. The first-order chi connectivity index (χ1) is 11.1. The van der Waals surface area contributed by atoms with Gasteiger partial charge >= 0.3 is 0 Å². The molecule has 0 fully saturated rings. The van der Waals surface area contributed by atoms with Crippen LogP contribution < -0.4 is 5.43 Å². The number of para-hydroxylation sites is 2. The summed E-state index contributed by atoms with van der Waals surface area (Å²) in [5, 5.41) is 6.93. The predicted octanol–water partition coefficient (Wildman–Crippen LogP) is 3.27. The highest BCUT2D eigenvalue weighted by atomic mass is 32.2. The zero-order valence-corrected chi connectivity index (χ0v) is 14.4. The summed E-state index contributed by atoms with van der Waals surface area (Å²) in [6, 6.07) is 11.9. The number of hydrogen-bond donors (Lipinski definition) is 1. The Kier molecular flexibility index (Phi) is 4.78. The molecule has 0 aliphatic rings. The maximum atomic E-state index is 11.9. The maximum absolute atomic E-state index is 11.9. The number of hydrazone groups is 1. The van der Waals surface area contributed by atoms with Crippen LogP contribution in [0.5, 0.6) is 0 Å². The molecule has 1 N–H and O–H groups in total. The van der Waals surface area contributed by atoms with E-state index in [4.69, 9.17) is 0 Å². The molecule has 1 aromatic carbocycles. The molecule has 0 aliphatic carbocycles. The Balaban J connectivity index is 1.60. The van der Waals surface area contributed by atoms with Gasteiger partial charge < -0.3 is 4.57 Å². The van der Waals surface area contributed by atoms with Gasteiger partial charge in [-0.15, -0.1) is 11.3 Å². The number of thioether (sulfide) groups is 1. The van der Waals surface area contributed by atoms with Gasteiger partial charge in [0, 0.05) is 11.9 Å². The van der Waals surface area contributed by atoms with Gasteiger partial charge in [-0.2, -0.15) is 5.10 Å². The smallest absolute Gasteiger partial charge is 0.250 e. The number of carbonyl (C=O) groups excluding carboxylic acids is 1. The van der Waals surface area contributed by atoms with Crippen LogP contribution in [0.2, 0.25) is 0 Å². The summed E-state index contributed by atoms with van der Waals surface area (Å²) in [6.45, 7) is 1.88. The van der Waals surface area contributed by atoms with Crippen molar-refractivity contribution < 1.29 is 4.79 Å². The summed E-state index contributed by atoms with van der Waals surface area (Å²) >= 11 is 3.00. The van der Waals surface area contributed by atoms with Crippen LogP contribution in [0.15, 0.2) is 52.0 Å². The number of imidazole rings is 1. The van der Waals surface area contributed by atoms with Crippen LogP contribution >= 0.6 is 23.1 Å². The number of amides is 1. The molecule has 0 spiro atoms. The molecule has 3 aromatic rings. The Morgan fingerprint density at radius 3 is 2.91 bits per heavy atom. The van der Waals surface area contributed by atoms with Gasteiger partial charge in [-0.05, 0) is 30.5 Å². The van der Waals surface area contributed by atoms with E-state index in [-0.39, 0.29) is 11.7 Å². The number of nitrogens with one attached hydrogen (secondary N) is 1. The third kappa shape index (κ3) is 3.62. The molecule has 5 nitrogen and oxygen atoms in total. The molecule has 0 unspecified atom stereocenters. The fourth-order valence-corrected chi connectivity index (χ4v) is 3.56. The van der Waals surface area contributed by atoms with E-state index in [0.717, 1.165) is 26.8 Å². The Labute approximate surface area is 142 Å². The second-order valence-electron chi connectivity index (χ2n) is 4.94. The SMILES string of the molecule is C/C(=N/NC(=O)CSc1nc2ccccc2n1C)c1cccs1. The normalized spacial score (nSPS) is 11.8. The second kappa shape index (κ2) is 6.97. The lowest BCUT2D eigenvalue weighted by Gasteiger charge is -2.02. The third-order valence-corrected chi connectivity index (χ3v) is 5.31. The molecule has 2 aromatic heterocycles. The number of aromatic nitrogens is 2. The molecule has 1 amide bonds. The van der Waals surface area contributed by atoms with Gasteiger partial charge in [0.2, 0.25) is 0 Å². The van der Waals surface area contributed by atoms with Crippen LogP contribution in [0.1, 0.15) is 11.8 Å². The first-order valence-corrected chi connectivity index (χ1v) is 8.93. The van der Waals surface area contributed by atoms with Crippen molar-refractivity contribution in [3.8, 4) is 0 Å². The summed E-state index contributed by atoms with van der Waals surface area (Å²) in [7, 11) is 1.95. The molecule has 3 rings (SSSR count). The van der Waals surface area contributed by atoms with Crippen molar-refractivity contribution in [1.29, 1.82) is 0 Å². The van der Waals surface area contributed by atoms with Crippen LogP contribution in [0, 0.1) is 0 Å². The van der Waals surface area contributed by atoms with Gasteiger partial charge in [0.05, 0.1) is 22.5 Å². The van der Waals surface area contributed by atoms with Crippen LogP contribution in [-0.2, 0) is 11.8 Å². The Morgan fingerprint density at radius 2 is 2.17 bits per heavy atom. The fraction of sp³-hybridized carbons (Fsp3) is 0.188. The van der Waals surface area contributed by atoms with E-state index in [2.05, 4.69) is 15.5 Å². The number of nitrogens with zero attached hydrogens (tertiary/aromatic N) is 3. The Bertz CT molecular complexity index is 852. The van der Waals surface area contributed by atoms with Gasteiger partial charge in [0.15, 0.2) is 5.16 Å². The number of fused-ring (bicyclic) bond motifs is 1. The minimum absolute atomic E-state index is 0.141. The van der Waals surface area contributed by atoms with Crippen molar-refractivity contribution in [2.45, 2.75) is 12.1 Å². The van der Waals surface area contributed by atoms with Gasteiger partial charge in [-0.1, -0.05) is 30.0 Å². The highest BCUT2D eigenvalue weighted by molar-refractivity contribution is 7.99. The standard InChI is InChI=1S/C16H16N4OS2/c1-11(14-8-5-9-22-14)18-19-15(21)10-23-16-17-12-6-3-4-7-13(12)20(16)2/h3-9H,10H2,1-2H3,(H,19,21)/b18-11-. The summed E-state index contributed by atoms with van der Waals surface area (Å²) in [5.74, 6) is 0.135.